The minimum atomic E-state index is 0.0770. The molecule has 0 aliphatic heterocycles. The van der Waals surface area contributed by atoms with Gasteiger partial charge in [-0.1, -0.05) is 35.9 Å². The monoisotopic (exact) mass is 240 g/mol. The second-order valence-electron chi connectivity index (χ2n) is 5.65. The van der Waals surface area contributed by atoms with E-state index in [1.807, 2.05) is 0 Å². The summed E-state index contributed by atoms with van der Waals surface area (Å²) >= 11 is 0. The van der Waals surface area contributed by atoms with Crippen LogP contribution >= 0.6 is 0 Å². The predicted molar refractivity (Wildman–Crippen MR) is 76.3 cm³/mol. The van der Waals surface area contributed by atoms with E-state index in [2.05, 4.69) is 43.3 Å². The van der Waals surface area contributed by atoms with Gasteiger partial charge in [-0.05, 0) is 48.7 Å². The molecule has 0 amide bonds. The van der Waals surface area contributed by atoms with Crippen molar-refractivity contribution in [1.82, 2.24) is 0 Å². The van der Waals surface area contributed by atoms with Crippen LogP contribution in [0.5, 0.6) is 0 Å². The van der Waals surface area contributed by atoms with Crippen molar-refractivity contribution in [2.45, 2.75) is 25.8 Å². The molecule has 2 nitrogen and oxygen atoms in total. The zero-order chi connectivity index (χ0) is 12.8. The Hall–Kier alpha value is -1.38. The van der Waals surface area contributed by atoms with Crippen molar-refractivity contribution in [3.05, 3.63) is 47.5 Å². The topological polar surface area (TPSA) is 52.0 Å². The molecule has 1 fully saturated rings. The summed E-state index contributed by atoms with van der Waals surface area (Å²) in [6.45, 7) is 2.81. The first-order valence-electron chi connectivity index (χ1n) is 6.61. The Morgan fingerprint density at radius 2 is 1.78 bits per heavy atom. The van der Waals surface area contributed by atoms with E-state index in [-0.39, 0.29) is 11.5 Å². The Kier molecular flexibility index (Phi) is 2.65. The standard InChI is InChI=1S/C16H20N2/c1-11-2-3-13-9-14(5-4-12(13)8-11)15(18)16(10-17)6-7-16/h2-5,8-9,15H,6-7,10,17-18H2,1H3. The fourth-order valence-electron chi connectivity index (χ4n) is 2.73. The third kappa shape index (κ3) is 1.82. The number of hydrogen-bond acceptors (Lipinski definition) is 2. The zero-order valence-electron chi connectivity index (χ0n) is 10.8. The zero-order valence-corrected chi connectivity index (χ0v) is 10.8. The number of rotatable bonds is 3. The van der Waals surface area contributed by atoms with E-state index >= 15 is 0 Å². The summed E-state index contributed by atoms with van der Waals surface area (Å²) in [6, 6.07) is 13.1. The van der Waals surface area contributed by atoms with Gasteiger partial charge in [0, 0.05) is 11.5 Å². The summed E-state index contributed by atoms with van der Waals surface area (Å²) in [5, 5.41) is 2.55. The molecule has 0 spiro atoms. The number of benzene rings is 2. The van der Waals surface area contributed by atoms with E-state index in [1.165, 1.54) is 21.9 Å². The molecule has 0 aromatic heterocycles. The van der Waals surface area contributed by atoms with E-state index in [9.17, 15) is 0 Å². The maximum Gasteiger partial charge on any atom is 0.0364 e. The van der Waals surface area contributed by atoms with Crippen LogP contribution in [0.1, 0.15) is 30.0 Å². The quantitative estimate of drug-likeness (QED) is 0.866. The van der Waals surface area contributed by atoms with Crippen LogP contribution in [0.15, 0.2) is 36.4 Å². The lowest BCUT2D eigenvalue weighted by molar-refractivity contribution is 0.419. The van der Waals surface area contributed by atoms with Gasteiger partial charge in [0.05, 0.1) is 0 Å². The van der Waals surface area contributed by atoms with Crippen molar-refractivity contribution in [1.29, 1.82) is 0 Å². The van der Waals surface area contributed by atoms with Gasteiger partial charge in [-0.15, -0.1) is 0 Å². The summed E-state index contributed by atoms with van der Waals surface area (Å²) in [6.07, 6.45) is 2.33. The van der Waals surface area contributed by atoms with Crippen LogP contribution in [0.4, 0.5) is 0 Å². The molecule has 1 aliphatic carbocycles. The highest BCUT2D eigenvalue weighted by Crippen LogP contribution is 2.53. The van der Waals surface area contributed by atoms with Crippen LogP contribution < -0.4 is 11.5 Å². The summed E-state index contributed by atoms with van der Waals surface area (Å²) in [5.41, 5.74) is 14.9. The van der Waals surface area contributed by atoms with Crippen LogP contribution in [0, 0.1) is 12.3 Å². The average Bonchev–Trinajstić information content (AvgIpc) is 3.18. The smallest absolute Gasteiger partial charge is 0.0364 e. The number of fused-ring (bicyclic) bond motifs is 1. The van der Waals surface area contributed by atoms with Gasteiger partial charge < -0.3 is 11.5 Å². The summed E-state index contributed by atoms with van der Waals surface area (Å²) < 4.78 is 0. The van der Waals surface area contributed by atoms with Crippen LogP contribution in [0.3, 0.4) is 0 Å². The van der Waals surface area contributed by atoms with Gasteiger partial charge in [0.1, 0.15) is 0 Å². The lowest BCUT2D eigenvalue weighted by atomic mass is 9.89. The van der Waals surface area contributed by atoms with E-state index in [1.54, 1.807) is 0 Å². The highest BCUT2D eigenvalue weighted by molar-refractivity contribution is 5.83. The molecule has 2 aromatic carbocycles. The maximum atomic E-state index is 6.39. The SMILES string of the molecule is Cc1ccc2cc(C(N)C3(CN)CC3)ccc2c1. The fraction of sp³-hybridized carbons (Fsp3) is 0.375. The average molecular weight is 240 g/mol. The second-order valence-corrected chi connectivity index (χ2v) is 5.65. The molecule has 0 heterocycles. The number of nitrogens with two attached hydrogens (primary N) is 2. The van der Waals surface area contributed by atoms with Crippen LogP contribution in [0.25, 0.3) is 10.8 Å². The number of hydrogen-bond donors (Lipinski definition) is 2. The Balaban J connectivity index is 2.01. The lowest BCUT2D eigenvalue weighted by Crippen LogP contribution is -2.29. The Bertz CT molecular complexity index is 585. The first-order valence-corrected chi connectivity index (χ1v) is 6.61. The van der Waals surface area contributed by atoms with Gasteiger partial charge in [-0.25, -0.2) is 0 Å². The van der Waals surface area contributed by atoms with Crippen molar-refractivity contribution < 1.29 is 0 Å². The Labute approximate surface area is 108 Å². The van der Waals surface area contributed by atoms with Gasteiger partial charge in [0.25, 0.3) is 0 Å². The molecular formula is C16H20N2. The van der Waals surface area contributed by atoms with Gasteiger partial charge in [-0.2, -0.15) is 0 Å². The van der Waals surface area contributed by atoms with Crippen molar-refractivity contribution in [3.63, 3.8) is 0 Å². The molecule has 3 rings (SSSR count). The molecule has 0 bridgehead atoms. The van der Waals surface area contributed by atoms with Crippen LogP contribution in [-0.4, -0.2) is 6.54 Å². The van der Waals surface area contributed by atoms with Gasteiger partial charge in [0.15, 0.2) is 0 Å². The minimum Gasteiger partial charge on any atom is -0.330 e. The third-order valence-corrected chi connectivity index (χ3v) is 4.34. The molecule has 2 heteroatoms. The maximum absolute atomic E-state index is 6.39. The molecule has 1 unspecified atom stereocenters. The molecule has 4 N–H and O–H groups in total. The van der Waals surface area contributed by atoms with Crippen molar-refractivity contribution in [2.75, 3.05) is 6.54 Å². The summed E-state index contributed by atoms with van der Waals surface area (Å²) in [7, 11) is 0. The normalized spacial score (nSPS) is 18.8. The largest absolute Gasteiger partial charge is 0.330 e. The number of aryl methyl sites for hydroxylation is 1. The Morgan fingerprint density at radius 3 is 2.44 bits per heavy atom. The van der Waals surface area contributed by atoms with E-state index in [0.717, 1.165) is 12.8 Å². The summed E-state index contributed by atoms with van der Waals surface area (Å²) in [5.74, 6) is 0. The van der Waals surface area contributed by atoms with Gasteiger partial charge >= 0.3 is 0 Å². The molecule has 94 valence electrons. The van der Waals surface area contributed by atoms with Crippen molar-refractivity contribution in [2.24, 2.45) is 16.9 Å². The summed E-state index contributed by atoms with van der Waals surface area (Å²) in [4.78, 5) is 0. The van der Waals surface area contributed by atoms with Crippen molar-refractivity contribution in [3.8, 4) is 0 Å². The minimum absolute atomic E-state index is 0.0770. The molecule has 0 radical (unpaired) electrons. The van der Waals surface area contributed by atoms with Gasteiger partial charge in [0.2, 0.25) is 0 Å². The molecule has 1 aliphatic rings. The molecule has 1 atom stereocenters. The van der Waals surface area contributed by atoms with Crippen LogP contribution in [0.2, 0.25) is 0 Å². The predicted octanol–water partition coefficient (Wildman–Crippen LogP) is 2.89. The molecule has 2 aromatic rings. The Morgan fingerprint density at radius 1 is 1.11 bits per heavy atom. The van der Waals surface area contributed by atoms with E-state index in [0.29, 0.717) is 6.54 Å². The molecule has 1 saturated carbocycles. The van der Waals surface area contributed by atoms with Crippen molar-refractivity contribution >= 4 is 10.8 Å². The molecule has 18 heavy (non-hydrogen) atoms. The fourth-order valence-corrected chi connectivity index (χ4v) is 2.73. The van der Waals surface area contributed by atoms with Gasteiger partial charge in [-0.3, -0.25) is 0 Å². The van der Waals surface area contributed by atoms with E-state index < -0.39 is 0 Å². The lowest BCUT2D eigenvalue weighted by Gasteiger charge is -2.22. The van der Waals surface area contributed by atoms with Crippen LogP contribution in [-0.2, 0) is 0 Å². The highest BCUT2D eigenvalue weighted by atomic mass is 14.8. The third-order valence-electron chi connectivity index (χ3n) is 4.34. The first-order chi connectivity index (χ1) is 8.64. The first kappa shape index (κ1) is 11.7. The highest BCUT2D eigenvalue weighted by Gasteiger charge is 2.47. The molecular weight excluding hydrogens is 220 g/mol. The molecule has 0 saturated heterocycles. The van der Waals surface area contributed by atoms with E-state index in [4.69, 9.17) is 11.5 Å². The second kappa shape index (κ2) is 4.08.